The number of fused-ring (bicyclic) bond motifs is 1. The Morgan fingerprint density at radius 2 is 2.05 bits per heavy atom. The maximum Gasteiger partial charge on any atom is 0.322 e. The topological polar surface area (TPSA) is 109 Å². The molecule has 0 unspecified atom stereocenters. The van der Waals surface area contributed by atoms with Crippen molar-refractivity contribution < 1.29 is 19.5 Å². The fraction of sp³-hybridized carbons (Fsp3) is 0.188. The van der Waals surface area contributed by atoms with Crippen LogP contribution in [0.25, 0.3) is 10.8 Å². The van der Waals surface area contributed by atoms with Crippen LogP contribution in [-0.2, 0) is 4.79 Å². The van der Waals surface area contributed by atoms with Crippen LogP contribution in [0.15, 0.2) is 30.3 Å². The highest BCUT2D eigenvalue weighted by Crippen LogP contribution is 2.26. The molecule has 0 aliphatic carbocycles. The first-order valence-corrected chi connectivity index (χ1v) is 6.69. The van der Waals surface area contributed by atoms with E-state index in [-0.39, 0.29) is 12.3 Å². The number of aliphatic carboxylic acids is 1. The molecule has 0 aliphatic heterocycles. The predicted octanol–water partition coefficient (Wildman–Crippen LogP) is 1.68. The molecule has 4 N–H and O–H groups in total. The van der Waals surface area contributed by atoms with Gasteiger partial charge < -0.3 is 16.2 Å². The zero-order valence-corrected chi connectivity index (χ0v) is 12.0. The summed E-state index contributed by atoms with van der Waals surface area (Å²) < 4.78 is 0. The van der Waals surface area contributed by atoms with Crippen molar-refractivity contribution in [3.05, 3.63) is 41.5 Å². The Kier molecular flexibility index (Phi) is 4.53. The summed E-state index contributed by atoms with van der Waals surface area (Å²) in [6.45, 7) is 1.48. The summed E-state index contributed by atoms with van der Waals surface area (Å²) in [4.78, 5) is 33.5. The first kappa shape index (κ1) is 15.7. The van der Waals surface area contributed by atoms with Gasteiger partial charge in [-0.15, -0.1) is 0 Å². The van der Waals surface area contributed by atoms with Gasteiger partial charge in [0.2, 0.25) is 0 Å². The number of hydrogen-bond donors (Lipinski definition) is 3. The Hall–Kier alpha value is -2.73. The van der Waals surface area contributed by atoms with Gasteiger partial charge in [0.05, 0.1) is 0 Å². The Labute approximate surface area is 126 Å². The molecule has 0 aliphatic rings. The number of Topliss-reactive ketones (excluding diaryl/α,β-unsaturated/α-hetero) is 1. The Morgan fingerprint density at radius 1 is 1.32 bits per heavy atom. The van der Waals surface area contributed by atoms with Crippen molar-refractivity contribution in [1.29, 1.82) is 0 Å². The number of anilines is 1. The molecule has 0 bridgehead atoms. The summed E-state index contributed by atoms with van der Waals surface area (Å²) in [6, 6.07) is 7.46. The van der Waals surface area contributed by atoms with Crippen molar-refractivity contribution in [3.8, 4) is 0 Å². The second-order valence-electron chi connectivity index (χ2n) is 4.96. The number of carboxylic acid groups (broad SMARTS) is 1. The van der Waals surface area contributed by atoms with Gasteiger partial charge in [0.25, 0.3) is 0 Å². The second kappa shape index (κ2) is 6.36. The molecular formula is C16H16N2O4. The van der Waals surface area contributed by atoms with Crippen LogP contribution < -0.4 is 11.1 Å². The van der Waals surface area contributed by atoms with E-state index in [0.29, 0.717) is 28.5 Å². The first-order chi connectivity index (χ1) is 10.4. The molecular weight excluding hydrogens is 284 g/mol. The molecule has 0 spiro atoms. The lowest BCUT2D eigenvalue weighted by Gasteiger charge is -2.13. The van der Waals surface area contributed by atoms with Crippen LogP contribution in [0, 0.1) is 0 Å². The Bertz CT molecular complexity index is 755. The molecule has 6 nitrogen and oxygen atoms in total. The van der Waals surface area contributed by atoms with Gasteiger partial charge in [-0.1, -0.05) is 18.2 Å². The van der Waals surface area contributed by atoms with E-state index in [1.165, 1.54) is 6.92 Å². The number of hydrogen-bond acceptors (Lipinski definition) is 5. The molecule has 0 fully saturated rings. The van der Waals surface area contributed by atoms with Crippen LogP contribution in [0.1, 0.15) is 27.6 Å². The number of carbonyl (C=O) groups is 3. The number of carboxylic acids is 1. The number of aldehydes is 1. The SMILES string of the molecule is CC(=O)c1ccc2c(C=O)c(NC[C@H](N)C(=O)O)ccc2c1. The van der Waals surface area contributed by atoms with Crippen LogP contribution in [0.2, 0.25) is 0 Å². The zero-order valence-electron chi connectivity index (χ0n) is 12.0. The minimum absolute atomic E-state index is 0.00715. The Balaban J connectivity index is 2.40. The fourth-order valence-corrected chi connectivity index (χ4v) is 2.16. The van der Waals surface area contributed by atoms with Gasteiger partial charge in [0.15, 0.2) is 12.1 Å². The lowest BCUT2D eigenvalue weighted by Crippen LogP contribution is -2.37. The molecule has 0 amide bonds. The summed E-state index contributed by atoms with van der Waals surface area (Å²) in [5.41, 5.74) is 6.92. The van der Waals surface area contributed by atoms with Crippen molar-refractivity contribution in [1.82, 2.24) is 0 Å². The smallest absolute Gasteiger partial charge is 0.322 e. The lowest BCUT2D eigenvalue weighted by molar-refractivity contribution is -0.138. The van der Waals surface area contributed by atoms with E-state index in [2.05, 4.69) is 5.32 Å². The number of benzene rings is 2. The molecule has 22 heavy (non-hydrogen) atoms. The highest BCUT2D eigenvalue weighted by molar-refractivity contribution is 6.06. The van der Waals surface area contributed by atoms with Crippen molar-refractivity contribution in [2.45, 2.75) is 13.0 Å². The number of nitrogens with one attached hydrogen (secondary N) is 1. The molecule has 6 heteroatoms. The number of carbonyl (C=O) groups excluding carboxylic acids is 2. The number of nitrogens with two attached hydrogens (primary N) is 1. The van der Waals surface area contributed by atoms with Gasteiger partial charge in [0.1, 0.15) is 6.04 Å². The van der Waals surface area contributed by atoms with Crippen molar-refractivity contribution in [2.24, 2.45) is 5.73 Å². The minimum atomic E-state index is -1.12. The van der Waals surface area contributed by atoms with Gasteiger partial charge in [-0.25, -0.2) is 0 Å². The van der Waals surface area contributed by atoms with Crippen LogP contribution in [0.4, 0.5) is 5.69 Å². The Morgan fingerprint density at radius 3 is 2.64 bits per heavy atom. The molecule has 0 heterocycles. The number of ketones is 1. The van der Waals surface area contributed by atoms with Gasteiger partial charge in [0, 0.05) is 23.4 Å². The summed E-state index contributed by atoms with van der Waals surface area (Å²) in [5, 5.41) is 13.1. The molecule has 0 radical (unpaired) electrons. The zero-order chi connectivity index (χ0) is 16.3. The van der Waals surface area contributed by atoms with E-state index in [9.17, 15) is 14.4 Å². The molecule has 2 rings (SSSR count). The third kappa shape index (κ3) is 3.12. The lowest BCUT2D eigenvalue weighted by atomic mass is 10.00. The van der Waals surface area contributed by atoms with Crippen molar-refractivity contribution >= 4 is 34.5 Å². The standard InChI is InChI=1S/C16H16N2O4/c1-9(20)10-2-4-12-11(6-10)3-5-15(13(12)8-19)18-7-14(17)16(21)22/h2-6,8,14,18H,7,17H2,1H3,(H,21,22)/t14-/m0/s1. The molecule has 0 saturated heterocycles. The van der Waals surface area contributed by atoms with Gasteiger partial charge in [-0.2, -0.15) is 0 Å². The predicted molar refractivity (Wildman–Crippen MR) is 83.4 cm³/mol. The molecule has 1 atom stereocenters. The third-order valence-corrected chi connectivity index (χ3v) is 3.42. The summed E-state index contributed by atoms with van der Waals surface area (Å²) in [6.07, 6.45) is 0.699. The normalized spacial score (nSPS) is 11.9. The van der Waals surface area contributed by atoms with E-state index < -0.39 is 12.0 Å². The van der Waals surface area contributed by atoms with Crippen LogP contribution >= 0.6 is 0 Å². The van der Waals surface area contributed by atoms with E-state index in [1.807, 2.05) is 0 Å². The van der Waals surface area contributed by atoms with E-state index in [4.69, 9.17) is 10.8 Å². The van der Waals surface area contributed by atoms with Crippen LogP contribution in [-0.4, -0.2) is 35.7 Å². The molecule has 114 valence electrons. The van der Waals surface area contributed by atoms with Gasteiger partial charge >= 0.3 is 5.97 Å². The van der Waals surface area contributed by atoms with Crippen molar-refractivity contribution in [2.75, 3.05) is 11.9 Å². The molecule has 2 aromatic carbocycles. The summed E-state index contributed by atoms with van der Waals surface area (Å²) >= 11 is 0. The fourth-order valence-electron chi connectivity index (χ4n) is 2.16. The maximum atomic E-state index is 11.4. The monoisotopic (exact) mass is 300 g/mol. The number of rotatable bonds is 6. The second-order valence-corrected chi connectivity index (χ2v) is 4.96. The third-order valence-electron chi connectivity index (χ3n) is 3.42. The highest BCUT2D eigenvalue weighted by Gasteiger charge is 2.13. The average Bonchev–Trinajstić information content (AvgIpc) is 2.50. The average molecular weight is 300 g/mol. The van der Waals surface area contributed by atoms with E-state index in [0.717, 1.165) is 5.39 Å². The molecule has 2 aromatic rings. The highest BCUT2D eigenvalue weighted by atomic mass is 16.4. The quantitative estimate of drug-likeness (QED) is 0.553. The van der Waals surface area contributed by atoms with Crippen molar-refractivity contribution in [3.63, 3.8) is 0 Å². The summed E-state index contributed by atoms with van der Waals surface area (Å²) in [5.74, 6) is -1.17. The van der Waals surface area contributed by atoms with E-state index >= 15 is 0 Å². The summed E-state index contributed by atoms with van der Waals surface area (Å²) in [7, 11) is 0. The minimum Gasteiger partial charge on any atom is -0.480 e. The largest absolute Gasteiger partial charge is 0.480 e. The maximum absolute atomic E-state index is 11.4. The van der Waals surface area contributed by atoms with Crippen LogP contribution in [0.3, 0.4) is 0 Å². The molecule has 0 aromatic heterocycles. The van der Waals surface area contributed by atoms with Gasteiger partial charge in [-0.05, 0) is 29.8 Å². The van der Waals surface area contributed by atoms with Crippen LogP contribution in [0.5, 0.6) is 0 Å². The van der Waals surface area contributed by atoms with Gasteiger partial charge in [-0.3, -0.25) is 14.4 Å². The molecule has 0 saturated carbocycles. The van der Waals surface area contributed by atoms with E-state index in [1.54, 1.807) is 30.3 Å². The first-order valence-electron chi connectivity index (χ1n) is 6.69.